The molecule has 1 amide bonds. The molecule has 0 aromatic heterocycles. The van der Waals surface area contributed by atoms with E-state index >= 15 is 0 Å². The molecule has 0 bridgehead atoms. The molecule has 3 rings (SSSR count). The predicted molar refractivity (Wildman–Crippen MR) is 125 cm³/mol. The molecule has 12 nitrogen and oxygen atoms in total. The second kappa shape index (κ2) is 11.2. The van der Waals surface area contributed by atoms with Gasteiger partial charge >= 0.3 is 5.69 Å². The number of hydrogen-bond donors (Lipinski definition) is 1. The molecule has 3 aromatic carbocycles. The van der Waals surface area contributed by atoms with Gasteiger partial charge in [-0.25, -0.2) is 5.43 Å². The van der Waals surface area contributed by atoms with E-state index in [0.29, 0.717) is 17.1 Å². The number of nitro groups is 2. The van der Waals surface area contributed by atoms with Gasteiger partial charge in [0.1, 0.15) is 5.75 Å². The number of ether oxygens (including phenoxy) is 3. The number of carbonyl (C=O) groups excluding carboxylic acids is 1. The van der Waals surface area contributed by atoms with Crippen LogP contribution in [-0.4, -0.2) is 36.2 Å². The van der Waals surface area contributed by atoms with E-state index in [-0.39, 0.29) is 23.8 Å². The van der Waals surface area contributed by atoms with E-state index in [1.165, 1.54) is 38.6 Å². The highest BCUT2D eigenvalue weighted by Gasteiger charge is 2.21. The highest BCUT2D eigenvalue weighted by Crippen LogP contribution is 2.34. The number of rotatable bonds is 10. The van der Waals surface area contributed by atoms with E-state index in [2.05, 4.69) is 10.5 Å². The smallest absolute Gasteiger partial charge is 0.318 e. The maximum absolute atomic E-state index is 12.2. The molecule has 0 aliphatic heterocycles. The number of non-ortho nitro benzene ring substituents is 1. The molecule has 0 unspecified atom stereocenters. The Morgan fingerprint density at radius 3 is 2.23 bits per heavy atom. The Morgan fingerprint density at radius 1 is 0.914 bits per heavy atom. The molecule has 0 saturated heterocycles. The summed E-state index contributed by atoms with van der Waals surface area (Å²) in [6, 6.07) is 14.6. The maximum Gasteiger partial charge on any atom is 0.318 e. The lowest BCUT2D eigenvalue weighted by Crippen LogP contribution is -2.19. The molecule has 180 valence electrons. The van der Waals surface area contributed by atoms with Gasteiger partial charge in [-0.3, -0.25) is 25.0 Å². The van der Waals surface area contributed by atoms with Crippen molar-refractivity contribution >= 4 is 23.5 Å². The van der Waals surface area contributed by atoms with Crippen molar-refractivity contribution in [1.82, 2.24) is 5.43 Å². The third-order valence-corrected chi connectivity index (χ3v) is 4.67. The third kappa shape index (κ3) is 6.51. The van der Waals surface area contributed by atoms with Crippen molar-refractivity contribution in [2.24, 2.45) is 5.10 Å². The number of amides is 1. The number of nitrogens with zero attached hydrogens (tertiary/aromatic N) is 3. The van der Waals surface area contributed by atoms with E-state index in [1.807, 2.05) is 0 Å². The Kier molecular flexibility index (Phi) is 7.90. The number of hydrogen-bond acceptors (Lipinski definition) is 9. The van der Waals surface area contributed by atoms with Crippen LogP contribution < -0.4 is 19.6 Å². The van der Waals surface area contributed by atoms with Crippen LogP contribution in [0.25, 0.3) is 0 Å². The van der Waals surface area contributed by atoms with Crippen LogP contribution in [0.15, 0.2) is 65.8 Å². The van der Waals surface area contributed by atoms with Crippen LogP contribution in [0.5, 0.6) is 23.0 Å². The largest absolute Gasteiger partial charge is 0.493 e. The number of benzene rings is 3. The number of methoxy groups -OCH3 is 2. The molecule has 0 radical (unpaired) electrons. The average Bonchev–Trinajstić information content (AvgIpc) is 2.85. The first-order valence-electron chi connectivity index (χ1n) is 10.0. The first kappa shape index (κ1) is 24.6. The van der Waals surface area contributed by atoms with E-state index in [1.54, 1.807) is 30.3 Å². The Hall–Kier alpha value is -5.00. The topological polar surface area (TPSA) is 155 Å². The van der Waals surface area contributed by atoms with Crippen molar-refractivity contribution in [2.75, 3.05) is 14.2 Å². The number of nitro benzene ring substituents is 2. The SMILES string of the molecule is COc1ccc(CC(=O)N/N=C/c2ccc(Oc3ccc([N+](=O)[O-])cc3[N+](=O)[O-])cc2)cc1OC. The van der Waals surface area contributed by atoms with Gasteiger partial charge in [0.2, 0.25) is 11.7 Å². The second-order valence-corrected chi connectivity index (χ2v) is 7.00. The van der Waals surface area contributed by atoms with Gasteiger partial charge in [0, 0.05) is 6.07 Å². The van der Waals surface area contributed by atoms with Crippen molar-refractivity contribution in [2.45, 2.75) is 6.42 Å². The fourth-order valence-corrected chi connectivity index (χ4v) is 2.99. The monoisotopic (exact) mass is 480 g/mol. The normalized spacial score (nSPS) is 10.6. The van der Waals surface area contributed by atoms with Crippen molar-refractivity contribution in [1.29, 1.82) is 0 Å². The Morgan fingerprint density at radius 2 is 1.60 bits per heavy atom. The fourth-order valence-electron chi connectivity index (χ4n) is 2.99. The van der Waals surface area contributed by atoms with Gasteiger partial charge in [0.15, 0.2) is 11.5 Å². The number of carbonyl (C=O) groups is 1. The highest BCUT2D eigenvalue weighted by molar-refractivity contribution is 5.83. The van der Waals surface area contributed by atoms with Crippen LogP contribution in [0.1, 0.15) is 11.1 Å². The van der Waals surface area contributed by atoms with Crippen LogP contribution in [-0.2, 0) is 11.2 Å². The third-order valence-electron chi connectivity index (χ3n) is 4.67. The van der Waals surface area contributed by atoms with Crippen molar-refractivity contribution in [3.8, 4) is 23.0 Å². The Balaban J connectivity index is 1.60. The predicted octanol–water partition coefficient (Wildman–Crippen LogP) is 4.01. The summed E-state index contributed by atoms with van der Waals surface area (Å²) in [6.07, 6.45) is 1.50. The van der Waals surface area contributed by atoms with E-state index < -0.39 is 21.2 Å². The molecular weight excluding hydrogens is 460 g/mol. The molecule has 0 spiro atoms. The van der Waals surface area contributed by atoms with Crippen LogP contribution in [0, 0.1) is 20.2 Å². The molecule has 0 saturated carbocycles. The van der Waals surface area contributed by atoms with Crippen LogP contribution >= 0.6 is 0 Å². The number of nitrogens with one attached hydrogen (secondary N) is 1. The maximum atomic E-state index is 12.2. The standard InChI is InChI=1S/C23H20N4O8/c1-33-21-9-5-16(11-22(21)34-2)12-23(28)25-24-14-15-3-7-18(8-4-15)35-20-10-6-17(26(29)30)13-19(20)27(31)32/h3-11,13-14H,12H2,1-2H3,(H,25,28)/b24-14+. The van der Waals surface area contributed by atoms with Gasteiger partial charge in [0.05, 0.1) is 42.8 Å². The molecule has 35 heavy (non-hydrogen) atoms. The second-order valence-electron chi connectivity index (χ2n) is 7.00. The van der Waals surface area contributed by atoms with Gasteiger partial charge in [-0.15, -0.1) is 0 Å². The molecular formula is C23H20N4O8. The summed E-state index contributed by atoms with van der Waals surface area (Å²) in [5, 5.41) is 26.0. The zero-order valence-electron chi connectivity index (χ0n) is 18.7. The van der Waals surface area contributed by atoms with E-state index in [9.17, 15) is 25.0 Å². The van der Waals surface area contributed by atoms with Crippen molar-refractivity contribution in [3.63, 3.8) is 0 Å². The Labute approximate surface area is 199 Å². The lowest BCUT2D eigenvalue weighted by molar-refractivity contribution is -0.394. The molecule has 12 heteroatoms. The average molecular weight is 480 g/mol. The summed E-state index contributed by atoms with van der Waals surface area (Å²) < 4.78 is 15.9. The van der Waals surface area contributed by atoms with Crippen LogP contribution in [0.4, 0.5) is 11.4 Å². The van der Waals surface area contributed by atoms with Crippen molar-refractivity contribution < 1.29 is 28.9 Å². The molecule has 0 atom stereocenters. The van der Waals surface area contributed by atoms with Crippen LogP contribution in [0.3, 0.4) is 0 Å². The zero-order chi connectivity index (χ0) is 25.4. The number of hydrazone groups is 1. The van der Waals surface area contributed by atoms with Gasteiger partial charge in [-0.1, -0.05) is 6.07 Å². The molecule has 0 heterocycles. The summed E-state index contributed by atoms with van der Waals surface area (Å²) in [5.74, 6) is 0.882. The van der Waals surface area contributed by atoms with E-state index in [0.717, 1.165) is 17.7 Å². The lowest BCUT2D eigenvalue weighted by atomic mass is 10.1. The first-order chi connectivity index (χ1) is 16.8. The summed E-state index contributed by atoms with van der Waals surface area (Å²) >= 11 is 0. The van der Waals surface area contributed by atoms with Gasteiger partial charge in [-0.05, 0) is 53.6 Å². The summed E-state index contributed by atoms with van der Waals surface area (Å²) in [7, 11) is 3.03. The van der Waals surface area contributed by atoms with Gasteiger partial charge < -0.3 is 14.2 Å². The molecule has 3 aromatic rings. The fraction of sp³-hybridized carbons (Fsp3) is 0.130. The highest BCUT2D eigenvalue weighted by atomic mass is 16.6. The minimum Gasteiger partial charge on any atom is -0.493 e. The molecule has 0 aliphatic carbocycles. The van der Waals surface area contributed by atoms with E-state index in [4.69, 9.17) is 14.2 Å². The minimum atomic E-state index is -0.756. The first-order valence-corrected chi connectivity index (χ1v) is 10.0. The van der Waals surface area contributed by atoms with Gasteiger partial charge in [0.25, 0.3) is 5.69 Å². The van der Waals surface area contributed by atoms with Gasteiger partial charge in [-0.2, -0.15) is 5.10 Å². The summed E-state index contributed by atoms with van der Waals surface area (Å²) in [4.78, 5) is 32.7. The zero-order valence-corrected chi connectivity index (χ0v) is 18.7. The van der Waals surface area contributed by atoms with Crippen LogP contribution in [0.2, 0.25) is 0 Å². The molecule has 0 aliphatic rings. The van der Waals surface area contributed by atoms with Crippen molar-refractivity contribution in [3.05, 3.63) is 92.0 Å². The lowest BCUT2D eigenvalue weighted by Gasteiger charge is -2.09. The molecule has 0 fully saturated rings. The Bertz CT molecular complexity index is 1280. The molecule has 1 N–H and O–H groups in total. The minimum absolute atomic E-state index is 0.0818. The quantitative estimate of drug-likeness (QED) is 0.259. The summed E-state index contributed by atoms with van der Waals surface area (Å²) in [5.41, 5.74) is 2.84. The summed E-state index contributed by atoms with van der Waals surface area (Å²) in [6.45, 7) is 0.